The number of carbonyl (C=O) groups is 4. The van der Waals surface area contributed by atoms with Gasteiger partial charge in [0.05, 0.1) is 5.69 Å². The van der Waals surface area contributed by atoms with Crippen LogP contribution in [0.4, 0.5) is 9.59 Å². The van der Waals surface area contributed by atoms with Crippen molar-refractivity contribution < 1.29 is 33.8 Å². The molecule has 0 aliphatic carbocycles. The molecule has 0 fully saturated rings. The lowest BCUT2D eigenvalue weighted by Gasteiger charge is -2.20. The van der Waals surface area contributed by atoms with Crippen LogP contribution >= 0.6 is 0 Å². The van der Waals surface area contributed by atoms with Crippen molar-refractivity contribution in [2.75, 3.05) is 6.54 Å². The summed E-state index contributed by atoms with van der Waals surface area (Å²) in [5.41, 5.74) is -1.15. The van der Waals surface area contributed by atoms with Gasteiger partial charge in [-0.3, -0.25) is 4.79 Å². The van der Waals surface area contributed by atoms with E-state index in [2.05, 4.69) is 15.6 Å². The largest absolute Gasteiger partial charge is 0.480 e. The molecular formula is C18H28N4O7. The van der Waals surface area contributed by atoms with Crippen LogP contribution in [0.25, 0.3) is 0 Å². The Hall–Kier alpha value is -3.11. The number of hydrogen-bond acceptors (Lipinski definition) is 7. The minimum absolute atomic E-state index is 0.163. The number of carboxylic acid groups (broad SMARTS) is 1. The number of aromatic nitrogens is 2. The van der Waals surface area contributed by atoms with E-state index in [0.717, 1.165) is 4.57 Å². The Bertz CT molecular complexity index is 759. The summed E-state index contributed by atoms with van der Waals surface area (Å²) >= 11 is 0. The first kappa shape index (κ1) is 23.9. The monoisotopic (exact) mass is 412 g/mol. The van der Waals surface area contributed by atoms with E-state index in [0.29, 0.717) is 0 Å². The molecule has 2 amide bonds. The van der Waals surface area contributed by atoms with Gasteiger partial charge in [0, 0.05) is 12.6 Å². The van der Waals surface area contributed by atoms with Crippen molar-refractivity contribution in [3.8, 4) is 0 Å². The quantitative estimate of drug-likeness (QED) is 0.633. The summed E-state index contributed by atoms with van der Waals surface area (Å²) in [6.45, 7) is 9.69. The second-order valence-electron chi connectivity index (χ2n) is 8.27. The van der Waals surface area contributed by atoms with E-state index in [1.54, 1.807) is 41.5 Å². The molecule has 0 unspecified atom stereocenters. The molecule has 0 saturated heterocycles. The number of ether oxygens (including phenoxy) is 2. The molecule has 0 radical (unpaired) electrons. The average molecular weight is 412 g/mol. The Morgan fingerprint density at radius 1 is 1.10 bits per heavy atom. The van der Waals surface area contributed by atoms with Crippen LogP contribution in [0.15, 0.2) is 12.5 Å². The van der Waals surface area contributed by atoms with Crippen LogP contribution in [0.1, 0.15) is 47.2 Å². The van der Waals surface area contributed by atoms with Gasteiger partial charge in [0.15, 0.2) is 0 Å². The SMILES string of the molecule is CC(C)(C)OC(=O)NCC(=O)N[C@@H](Cc1cn(C(=O)OC(C)(C)C)cn1)C(=O)O. The van der Waals surface area contributed by atoms with Crippen LogP contribution < -0.4 is 10.6 Å². The van der Waals surface area contributed by atoms with Crippen molar-refractivity contribution in [3.63, 3.8) is 0 Å². The van der Waals surface area contributed by atoms with Crippen LogP contribution in [0.5, 0.6) is 0 Å². The van der Waals surface area contributed by atoms with Gasteiger partial charge in [-0.2, -0.15) is 0 Å². The van der Waals surface area contributed by atoms with E-state index in [1.165, 1.54) is 12.5 Å². The summed E-state index contributed by atoms with van der Waals surface area (Å²) in [6, 6.07) is -1.30. The molecule has 11 heteroatoms. The predicted octanol–water partition coefficient (Wildman–Crippen LogP) is 1.30. The minimum atomic E-state index is -1.30. The lowest BCUT2D eigenvalue weighted by atomic mass is 10.1. The maximum Gasteiger partial charge on any atom is 0.419 e. The summed E-state index contributed by atoms with van der Waals surface area (Å²) in [4.78, 5) is 50.9. The third-order valence-electron chi connectivity index (χ3n) is 3.08. The molecule has 29 heavy (non-hydrogen) atoms. The summed E-state index contributed by atoms with van der Waals surface area (Å²) in [6.07, 6.45) is 0.913. The maximum absolute atomic E-state index is 12.0. The zero-order valence-electron chi connectivity index (χ0n) is 17.4. The highest BCUT2D eigenvalue weighted by atomic mass is 16.6. The third kappa shape index (κ3) is 9.58. The number of hydrogen-bond donors (Lipinski definition) is 3. The fourth-order valence-corrected chi connectivity index (χ4v) is 2.00. The van der Waals surface area contributed by atoms with Gasteiger partial charge in [-0.25, -0.2) is 23.9 Å². The van der Waals surface area contributed by atoms with Gasteiger partial charge in [-0.05, 0) is 41.5 Å². The first-order valence-corrected chi connectivity index (χ1v) is 8.91. The van der Waals surface area contributed by atoms with E-state index in [4.69, 9.17) is 9.47 Å². The molecular weight excluding hydrogens is 384 g/mol. The number of imidazole rings is 1. The average Bonchev–Trinajstić information content (AvgIpc) is 2.97. The van der Waals surface area contributed by atoms with Crippen molar-refractivity contribution in [3.05, 3.63) is 18.2 Å². The van der Waals surface area contributed by atoms with Crippen LogP contribution in [0, 0.1) is 0 Å². The molecule has 0 aliphatic rings. The molecule has 1 heterocycles. The molecule has 162 valence electrons. The molecule has 1 atom stereocenters. The Labute approximate surface area is 168 Å². The van der Waals surface area contributed by atoms with Crippen molar-refractivity contribution in [2.24, 2.45) is 0 Å². The number of amides is 2. The van der Waals surface area contributed by atoms with Gasteiger partial charge < -0.3 is 25.2 Å². The highest BCUT2D eigenvalue weighted by molar-refractivity contribution is 5.86. The Kier molecular flexibility index (Phi) is 7.75. The first-order valence-electron chi connectivity index (χ1n) is 8.91. The smallest absolute Gasteiger partial charge is 0.419 e. The van der Waals surface area contributed by atoms with Crippen LogP contribution in [0.3, 0.4) is 0 Å². The van der Waals surface area contributed by atoms with E-state index in [-0.39, 0.29) is 12.1 Å². The highest BCUT2D eigenvalue weighted by Crippen LogP contribution is 2.10. The molecule has 0 bridgehead atoms. The minimum Gasteiger partial charge on any atom is -0.480 e. The van der Waals surface area contributed by atoms with Gasteiger partial charge >= 0.3 is 18.2 Å². The van der Waals surface area contributed by atoms with Crippen molar-refractivity contribution in [1.82, 2.24) is 20.2 Å². The number of nitrogens with one attached hydrogen (secondary N) is 2. The van der Waals surface area contributed by atoms with Gasteiger partial charge in [-0.1, -0.05) is 0 Å². The van der Waals surface area contributed by atoms with Gasteiger partial charge in [0.25, 0.3) is 0 Å². The number of carbonyl (C=O) groups excluding carboxylic acids is 3. The topological polar surface area (TPSA) is 149 Å². The number of nitrogens with zero attached hydrogens (tertiary/aromatic N) is 2. The fraction of sp³-hybridized carbons (Fsp3) is 0.611. The molecule has 11 nitrogen and oxygen atoms in total. The Morgan fingerprint density at radius 2 is 1.69 bits per heavy atom. The molecule has 0 saturated carbocycles. The highest BCUT2D eigenvalue weighted by Gasteiger charge is 2.24. The van der Waals surface area contributed by atoms with E-state index in [9.17, 15) is 24.3 Å². The Morgan fingerprint density at radius 3 is 2.21 bits per heavy atom. The zero-order valence-corrected chi connectivity index (χ0v) is 17.4. The van der Waals surface area contributed by atoms with Crippen LogP contribution in [-0.4, -0.2) is 62.5 Å². The number of aliphatic carboxylic acids is 1. The summed E-state index contributed by atoms with van der Waals surface area (Å²) in [7, 11) is 0. The van der Waals surface area contributed by atoms with Crippen LogP contribution in [-0.2, 0) is 25.5 Å². The zero-order chi connectivity index (χ0) is 22.4. The van der Waals surface area contributed by atoms with Gasteiger partial charge in [-0.15, -0.1) is 0 Å². The molecule has 1 aromatic rings. The lowest BCUT2D eigenvalue weighted by Crippen LogP contribution is -2.47. The summed E-state index contributed by atoms with van der Waals surface area (Å²) in [5.74, 6) is -2.00. The molecule has 0 spiro atoms. The molecule has 0 aromatic carbocycles. The van der Waals surface area contributed by atoms with Crippen molar-refractivity contribution in [2.45, 2.75) is 65.2 Å². The second kappa shape index (κ2) is 9.39. The summed E-state index contributed by atoms with van der Waals surface area (Å²) in [5, 5.41) is 13.9. The maximum atomic E-state index is 12.0. The summed E-state index contributed by atoms with van der Waals surface area (Å²) < 4.78 is 11.3. The molecule has 1 aromatic heterocycles. The number of alkyl carbamates (subject to hydrolysis) is 1. The van der Waals surface area contributed by atoms with Gasteiger partial charge in [0.2, 0.25) is 5.91 Å². The van der Waals surface area contributed by atoms with E-state index in [1.807, 2.05) is 0 Å². The second-order valence-corrected chi connectivity index (χ2v) is 8.27. The van der Waals surface area contributed by atoms with Gasteiger partial charge in [0.1, 0.15) is 30.1 Å². The predicted molar refractivity (Wildman–Crippen MR) is 101 cm³/mol. The van der Waals surface area contributed by atoms with E-state index < -0.39 is 47.9 Å². The number of carboxylic acids is 1. The molecule has 3 N–H and O–H groups in total. The third-order valence-corrected chi connectivity index (χ3v) is 3.08. The van der Waals surface area contributed by atoms with Crippen LogP contribution in [0.2, 0.25) is 0 Å². The first-order chi connectivity index (χ1) is 13.2. The lowest BCUT2D eigenvalue weighted by molar-refractivity contribution is -0.141. The Balaban J connectivity index is 2.64. The van der Waals surface area contributed by atoms with E-state index >= 15 is 0 Å². The molecule has 0 aliphatic heterocycles. The number of rotatable bonds is 6. The fourth-order valence-electron chi connectivity index (χ4n) is 2.00. The standard InChI is InChI=1S/C18H28N4O7/c1-17(2,3)28-15(26)19-8-13(23)21-12(14(24)25)7-11-9-22(10-20-11)16(27)29-18(4,5)6/h9-10,12H,7-8H2,1-6H3,(H,19,26)(H,21,23)(H,24,25)/t12-/m0/s1. The van der Waals surface area contributed by atoms with Crippen molar-refractivity contribution in [1.29, 1.82) is 0 Å². The molecule has 1 rings (SSSR count). The van der Waals surface area contributed by atoms with Crippen molar-refractivity contribution >= 4 is 24.1 Å². The normalized spacial score (nSPS) is 12.6.